The summed E-state index contributed by atoms with van der Waals surface area (Å²) in [6.07, 6.45) is 1.84. The number of hydrogen-bond donors (Lipinski definition) is 1. The van der Waals surface area contributed by atoms with Gasteiger partial charge >= 0.3 is 0 Å². The van der Waals surface area contributed by atoms with Crippen LogP contribution in [0.3, 0.4) is 0 Å². The average Bonchev–Trinajstić information content (AvgIpc) is 2.57. The molecule has 0 saturated carbocycles. The van der Waals surface area contributed by atoms with Gasteiger partial charge in [0.05, 0.1) is 18.6 Å². The number of anilines is 1. The van der Waals surface area contributed by atoms with Crippen molar-refractivity contribution >= 4 is 17.5 Å². The van der Waals surface area contributed by atoms with Gasteiger partial charge in [0.25, 0.3) is 5.56 Å². The van der Waals surface area contributed by atoms with Crippen molar-refractivity contribution in [2.24, 2.45) is 0 Å². The van der Waals surface area contributed by atoms with Crippen LogP contribution >= 0.6 is 0 Å². The molecule has 1 aromatic heterocycles. The van der Waals surface area contributed by atoms with Crippen molar-refractivity contribution in [2.45, 2.75) is 33.4 Å². The molecule has 2 aromatic rings. The van der Waals surface area contributed by atoms with Gasteiger partial charge in [0.2, 0.25) is 11.8 Å². The summed E-state index contributed by atoms with van der Waals surface area (Å²) in [5, 5.41) is 2.78. The molecule has 2 heterocycles. The van der Waals surface area contributed by atoms with Crippen molar-refractivity contribution in [3.8, 4) is 0 Å². The van der Waals surface area contributed by atoms with Gasteiger partial charge in [-0.05, 0) is 31.0 Å². The van der Waals surface area contributed by atoms with E-state index in [1.54, 1.807) is 11.0 Å². The third-order valence-corrected chi connectivity index (χ3v) is 4.25. The zero-order chi connectivity index (χ0) is 18.0. The molecule has 0 saturated heterocycles. The first-order valence-corrected chi connectivity index (χ1v) is 8.13. The fourth-order valence-electron chi connectivity index (χ4n) is 2.92. The number of nitrogens with zero attached hydrogens (tertiary/aromatic N) is 3. The van der Waals surface area contributed by atoms with Crippen LogP contribution in [0.5, 0.6) is 0 Å². The smallest absolute Gasteiger partial charge is 0.257 e. The van der Waals surface area contributed by atoms with Crippen molar-refractivity contribution in [2.75, 3.05) is 11.9 Å². The molecule has 2 amide bonds. The number of hydrogen-bond acceptors (Lipinski definition) is 4. The van der Waals surface area contributed by atoms with Gasteiger partial charge in [-0.25, -0.2) is 4.98 Å². The molecular weight excluding hydrogens is 320 g/mol. The van der Waals surface area contributed by atoms with Crippen LogP contribution in [0.25, 0.3) is 0 Å². The Balaban J connectivity index is 1.75. The summed E-state index contributed by atoms with van der Waals surface area (Å²) in [5.41, 5.74) is 2.72. The zero-order valence-corrected chi connectivity index (χ0v) is 14.3. The normalized spacial score (nSPS) is 13.3. The van der Waals surface area contributed by atoms with Crippen molar-refractivity contribution in [3.63, 3.8) is 0 Å². The highest BCUT2D eigenvalue weighted by Crippen LogP contribution is 2.13. The molecule has 0 bridgehead atoms. The van der Waals surface area contributed by atoms with Crippen molar-refractivity contribution in [3.05, 3.63) is 57.8 Å². The van der Waals surface area contributed by atoms with Gasteiger partial charge in [-0.3, -0.25) is 19.0 Å². The van der Waals surface area contributed by atoms with Gasteiger partial charge in [-0.1, -0.05) is 12.1 Å². The topological polar surface area (TPSA) is 84.3 Å². The van der Waals surface area contributed by atoms with E-state index >= 15 is 0 Å². The number of carbonyl (C=O) groups is 2. The lowest BCUT2D eigenvalue weighted by Gasteiger charge is -2.26. The number of aryl methyl sites for hydroxylation is 1. The van der Waals surface area contributed by atoms with Gasteiger partial charge in [0.1, 0.15) is 6.54 Å². The van der Waals surface area contributed by atoms with E-state index in [1.807, 2.05) is 25.1 Å². The molecule has 0 aliphatic carbocycles. The lowest BCUT2D eigenvalue weighted by molar-refractivity contribution is -0.129. The fourth-order valence-corrected chi connectivity index (χ4v) is 2.92. The van der Waals surface area contributed by atoms with Gasteiger partial charge in [-0.2, -0.15) is 0 Å². The van der Waals surface area contributed by atoms with E-state index in [2.05, 4.69) is 10.3 Å². The summed E-state index contributed by atoms with van der Waals surface area (Å²) in [4.78, 5) is 42.2. The fraction of sp³-hybridized carbons (Fsp3) is 0.333. The third-order valence-electron chi connectivity index (χ3n) is 4.25. The Morgan fingerprint density at radius 1 is 1.32 bits per heavy atom. The average molecular weight is 340 g/mol. The molecule has 1 aromatic carbocycles. The number of amides is 2. The molecule has 1 N–H and O–H groups in total. The van der Waals surface area contributed by atoms with Crippen molar-refractivity contribution < 1.29 is 9.59 Å². The molecule has 25 heavy (non-hydrogen) atoms. The highest BCUT2D eigenvalue weighted by molar-refractivity contribution is 5.90. The third kappa shape index (κ3) is 3.76. The van der Waals surface area contributed by atoms with E-state index in [9.17, 15) is 14.4 Å². The van der Waals surface area contributed by atoms with E-state index in [4.69, 9.17) is 0 Å². The Kier molecular flexibility index (Phi) is 4.65. The van der Waals surface area contributed by atoms with Gasteiger partial charge < -0.3 is 10.2 Å². The molecule has 1 aliphatic rings. The number of carbonyl (C=O) groups excluding carboxylic acids is 2. The maximum Gasteiger partial charge on any atom is 0.257 e. The largest absolute Gasteiger partial charge is 0.337 e. The predicted molar refractivity (Wildman–Crippen MR) is 93.1 cm³/mol. The number of aromatic nitrogens is 2. The molecule has 0 spiro atoms. The van der Waals surface area contributed by atoms with Crippen LogP contribution in [0.4, 0.5) is 5.69 Å². The maximum atomic E-state index is 12.6. The summed E-state index contributed by atoms with van der Waals surface area (Å²) in [5.74, 6) is -0.315. The minimum atomic E-state index is -0.282. The minimum Gasteiger partial charge on any atom is -0.337 e. The van der Waals surface area contributed by atoms with Crippen LogP contribution in [-0.2, 0) is 29.1 Å². The van der Waals surface area contributed by atoms with Crippen LogP contribution < -0.4 is 10.9 Å². The Morgan fingerprint density at radius 3 is 2.84 bits per heavy atom. The van der Waals surface area contributed by atoms with Crippen LogP contribution in [0.2, 0.25) is 0 Å². The van der Waals surface area contributed by atoms with E-state index < -0.39 is 0 Å². The molecule has 130 valence electrons. The van der Waals surface area contributed by atoms with E-state index in [1.165, 1.54) is 17.8 Å². The molecule has 3 rings (SSSR count). The number of benzene rings is 1. The standard InChI is InChI=1S/C18H20N4O3/c1-12-4-3-5-14(8-12)20-17(24)10-22-11-19-16-9-21(13(2)23)7-6-15(16)18(22)25/h3-5,8,11H,6-7,9-10H2,1-2H3,(H,20,24). The second-order valence-electron chi connectivity index (χ2n) is 6.21. The van der Waals surface area contributed by atoms with Crippen molar-refractivity contribution in [1.82, 2.24) is 14.5 Å². The summed E-state index contributed by atoms with van der Waals surface area (Å²) in [6.45, 7) is 4.19. The zero-order valence-electron chi connectivity index (χ0n) is 14.3. The highest BCUT2D eigenvalue weighted by Gasteiger charge is 2.22. The lowest BCUT2D eigenvalue weighted by Crippen LogP contribution is -2.40. The number of rotatable bonds is 3. The van der Waals surface area contributed by atoms with Gasteiger partial charge in [0, 0.05) is 24.7 Å². The minimum absolute atomic E-state index is 0.0332. The number of fused-ring (bicyclic) bond motifs is 1. The Bertz CT molecular complexity index is 888. The van der Waals surface area contributed by atoms with Crippen LogP contribution in [0, 0.1) is 6.92 Å². The molecule has 7 heteroatoms. The highest BCUT2D eigenvalue weighted by atomic mass is 16.2. The van der Waals surface area contributed by atoms with E-state index in [0.29, 0.717) is 36.5 Å². The molecule has 0 atom stereocenters. The predicted octanol–water partition coefficient (Wildman–Crippen LogP) is 1.10. The molecule has 7 nitrogen and oxygen atoms in total. The monoisotopic (exact) mass is 340 g/mol. The van der Waals surface area contributed by atoms with Gasteiger partial charge in [-0.15, -0.1) is 0 Å². The summed E-state index contributed by atoms with van der Waals surface area (Å²) in [7, 11) is 0. The summed E-state index contributed by atoms with van der Waals surface area (Å²) < 4.78 is 1.31. The summed E-state index contributed by atoms with van der Waals surface area (Å²) >= 11 is 0. The molecule has 0 fully saturated rings. The second kappa shape index (κ2) is 6.88. The molecule has 0 unspecified atom stereocenters. The first kappa shape index (κ1) is 16.9. The first-order chi connectivity index (χ1) is 11.9. The van der Waals surface area contributed by atoms with Crippen LogP contribution in [0.15, 0.2) is 35.4 Å². The SMILES string of the molecule is CC(=O)N1CCc2c(ncn(CC(=O)Nc3cccc(C)c3)c2=O)C1. The summed E-state index contributed by atoms with van der Waals surface area (Å²) in [6, 6.07) is 7.47. The quantitative estimate of drug-likeness (QED) is 0.907. The second-order valence-corrected chi connectivity index (χ2v) is 6.21. The first-order valence-electron chi connectivity index (χ1n) is 8.13. The Labute approximate surface area is 145 Å². The molecule has 0 radical (unpaired) electrons. The molecule has 1 aliphatic heterocycles. The van der Waals surface area contributed by atoms with Crippen LogP contribution in [-0.4, -0.2) is 32.8 Å². The Morgan fingerprint density at radius 2 is 2.12 bits per heavy atom. The molecular formula is C18H20N4O3. The van der Waals surface area contributed by atoms with Crippen LogP contribution in [0.1, 0.15) is 23.7 Å². The lowest BCUT2D eigenvalue weighted by atomic mass is 10.1. The van der Waals surface area contributed by atoms with Gasteiger partial charge in [0.15, 0.2) is 0 Å². The van der Waals surface area contributed by atoms with Crippen molar-refractivity contribution in [1.29, 1.82) is 0 Å². The number of nitrogens with one attached hydrogen (secondary N) is 1. The van der Waals surface area contributed by atoms with E-state index in [-0.39, 0.29) is 23.9 Å². The maximum absolute atomic E-state index is 12.6. The van der Waals surface area contributed by atoms with E-state index in [0.717, 1.165) is 5.56 Å². The Hall–Kier alpha value is -2.96.